The van der Waals surface area contributed by atoms with Gasteiger partial charge in [0.1, 0.15) is 22.6 Å². The summed E-state index contributed by atoms with van der Waals surface area (Å²) in [6.07, 6.45) is 44.0. The number of morpholine rings is 1. The van der Waals surface area contributed by atoms with Crippen molar-refractivity contribution in [2.45, 2.75) is 231 Å². The van der Waals surface area contributed by atoms with Crippen LogP contribution in [0.2, 0.25) is 0 Å². The molecule has 20 heterocycles. The molecule has 125 heavy (non-hydrogen) atoms. The summed E-state index contributed by atoms with van der Waals surface area (Å²) in [6, 6.07) is 45.3. The minimum atomic E-state index is 0.327. The van der Waals surface area contributed by atoms with Crippen molar-refractivity contribution in [1.82, 2.24) is 97.1 Å². The molecule has 20 rings (SSSR count). The summed E-state index contributed by atoms with van der Waals surface area (Å²) < 4.78 is 14.9. The lowest BCUT2D eigenvalue weighted by atomic mass is 9.87. The fourth-order valence-electron chi connectivity index (χ4n) is 22.7. The number of hydrogen-bond acceptors (Lipinski definition) is 17. The van der Waals surface area contributed by atoms with Crippen molar-refractivity contribution in [3.05, 3.63) is 261 Å². The van der Waals surface area contributed by atoms with Gasteiger partial charge < -0.3 is 37.5 Å². The van der Waals surface area contributed by atoms with Crippen LogP contribution in [0.3, 0.4) is 0 Å². The van der Waals surface area contributed by atoms with Gasteiger partial charge in [-0.2, -0.15) is 0 Å². The van der Waals surface area contributed by atoms with E-state index in [0.29, 0.717) is 48.3 Å². The van der Waals surface area contributed by atoms with E-state index in [4.69, 9.17) is 44.6 Å². The number of fused-ring (bicyclic) bond motifs is 4. The minimum Gasteiger partial charge on any atom is -0.379 e. The van der Waals surface area contributed by atoms with Gasteiger partial charge in [0.05, 0.1) is 107 Å². The van der Waals surface area contributed by atoms with E-state index in [1.165, 1.54) is 226 Å². The molecule has 21 nitrogen and oxygen atoms in total. The molecule has 0 aliphatic carbocycles. The van der Waals surface area contributed by atoms with Gasteiger partial charge in [0.25, 0.3) is 0 Å². The first-order chi connectivity index (χ1) is 61.2. The zero-order valence-electron chi connectivity index (χ0n) is 76.7. The van der Waals surface area contributed by atoms with E-state index in [-0.39, 0.29) is 0 Å². The lowest BCUT2D eigenvalue weighted by molar-refractivity contribution is 0.0374. The maximum Gasteiger partial charge on any atom is 0.137 e. The van der Waals surface area contributed by atoms with Crippen LogP contribution in [0.25, 0.3) is 22.6 Å². The number of aromatic nitrogens is 12. The van der Waals surface area contributed by atoms with Crippen LogP contribution in [0.15, 0.2) is 171 Å². The summed E-state index contributed by atoms with van der Waals surface area (Å²) in [6.45, 7) is 24.3. The Balaban J connectivity index is 0.000000118. The van der Waals surface area contributed by atoms with E-state index in [1.54, 1.807) is 0 Å². The Bertz CT molecular complexity index is 5470. The number of piperidine rings is 7. The third-order valence-electron chi connectivity index (χ3n) is 30.0. The second-order valence-corrected chi connectivity index (χ2v) is 37.8. The lowest BCUT2D eigenvalue weighted by Gasteiger charge is -2.39. The van der Waals surface area contributed by atoms with Crippen LogP contribution in [0.5, 0.6) is 0 Å². The van der Waals surface area contributed by atoms with Gasteiger partial charge in [0.15, 0.2) is 0 Å². The summed E-state index contributed by atoms with van der Waals surface area (Å²) in [5.74, 6) is 2.24. The largest absolute Gasteiger partial charge is 0.379 e. The molecule has 12 aromatic heterocycles. The first kappa shape index (κ1) is 88.0. The van der Waals surface area contributed by atoms with Gasteiger partial charge in [-0.25, -0.2) is 19.9 Å². The molecule has 0 bridgehead atoms. The number of rotatable bonds is 19. The molecule has 0 aromatic carbocycles. The maximum absolute atomic E-state index is 5.51. The zero-order chi connectivity index (χ0) is 85.9. The molecule has 1 N–H and O–H groups in total. The van der Waals surface area contributed by atoms with Crippen molar-refractivity contribution in [2.75, 3.05) is 114 Å². The summed E-state index contributed by atoms with van der Waals surface area (Å²) in [5, 5.41) is 3.51. The lowest BCUT2D eigenvalue weighted by Crippen LogP contribution is -2.37. The predicted octanol–water partition coefficient (Wildman–Crippen LogP) is 18.7. The number of nitrogens with one attached hydrogen (secondary N) is 1. The monoisotopic (exact) mass is 1690 g/mol. The van der Waals surface area contributed by atoms with E-state index >= 15 is 0 Å². The van der Waals surface area contributed by atoms with Crippen LogP contribution in [-0.2, 0) is 30.4 Å². The zero-order valence-corrected chi connectivity index (χ0v) is 76.7. The molecule has 8 fully saturated rings. The molecule has 0 spiro atoms. The Hall–Kier alpha value is -9.00. The highest BCUT2D eigenvalue weighted by Gasteiger charge is 2.41. The molecule has 8 aliphatic heterocycles. The average Bonchev–Trinajstić information content (AvgIpc) is 1.66. The summed E-state index contributed by atoms with van der Waals surface area (Å²) in [5.41, 5.74) is 25.2. The third-order valence-corrected chi connectivity index (χ3v) is 30.0. The predicted molar refractivity (Wildman–Crippen MR) is 502 cm³/mol. The van der Waals surface area contributed by atoms with Crippen LogP contribution >= 0.6 is 0 Å². The topological polar surface area (TPSA) is 165 Å². The molecule has 8 aliphatic rings. The molecular formula is C104H140N20O. The summed E-state index contributed by atoms with van der Waals surface area (Å²) in [7, 11) is 11.4. The number of pyridine rings is 8. The van der Waals surface area contributed by atoms with Gasteiger partial charge in [-0.15, -0.1) is 0 Å². The smallest absolute Gasteiger partial charge is 0.137 e. The van der Waals surface area contributed by atoms with Crippen molar-refractivity contribution in [3.8, 4) is 0 Å². The number of likely N-dealkylation sites (tertiary alicyclic amines) is 6. The molecule has 8 saturated heterocycles. The standard InChI is InChI=1S/C27H37N5.C26H35N5O.C26H35N5.C25H33N5/c1-4-31-17-13-21(14-18-31)19-24-27(29-25-12-5-6-16-32(24)25)23-11-7-10-22(30(23)3)26-20(2)9-8-15-28-26;1-20-8-6-13-27-25(20)21-9-5-10-22(29(21)2)26-23(31-15-4-3-12-24(31)28-26)11-7-14-30-16-18-32-19-17-30;1-19-8-7-14-27-25(19)21-9-6-10-22(30(21)3)26-23(18-20-12-16-29(2)17-13-20)31-15-5-4-11-24(31)28-26;1-18-7-6-13-27-24(18)20-8-5-9-21(29(20)2)25-22(17-19-11-14-26-15-12-19)30-16-4-3-10-23(30)28-25/h5-6,8-9,12,15-16,21-23H,4,7,10-11,13-14,17-19H2,1-3H3;3-4,6,8,12-13,15,21-22H,5,7,9-11,14,16-19H2,1-2H3;4-5,7-8,11,14-15,20-22H,6,9-10,12-13,16-18H2,1-3H3;3-4,6-7,10,13,16,19-21,26H,5,8-9,11-12,14-15,17H2,1-2H3/t22-,23+;2*21-,22+;20-,21+/m0000/s1. The van der Waals surface area contributed by atoms with Gasteiger partial charge in [0.2, 0.25) is 0 Å². The van der Waals surface area contributed by atoms with Crippen LogP contribution in [-0.4, -0.2) is 206 Å². The van der Waals surface area contributed by atoms with Crippen LogP contribution in [0.1, 0.15) is 268 Å². The first-order valence-corrected chi connectivity index (χ1v) is 48.0. The number of aryl methyl sites for hydroxylation is 5. The molecule has 0 unspecified atom stereocenters. The van der Waals surface area contributed by atoms with E-state index in [0.717, 1.165) is 131 Å². The molecule has 8 atom stereocenters. The fraction of sp³-hybridized carbons (Fsp3) is 0.538. The van der Waals surface area contributed by atoms with Crippen LogP contribution < -0.4 is 5.32 Å². The quantitative estimate of drug-likeness (QED) is 0.0812. The van der Waals surface area contributed by atoms with Gasteiger partial charge in [0, 0.05) is 85.4 Å². The van der Waals surface area contributed by atoms with Gasteiger partial charge in [-0.3, -0.25) is 44.4 Å². The number of nitrogens with zero attached hydrogens (tertiary/aromatic N) is 19. The molecule has 0 amide bonds. The van der Waals surface area contributed by atoms with Crippen LogP contribution in [0.4, 0.5) is 0 Å². The minimum absolute atomic E-state index is 0.327. The number of imidazole rings is 4. The van der Waals surface area contributed by atoms with Crippen molar-refractivity contribution >= 4 is 22.6 Å². The Morgan fingerprint density at radius 3 is 0.960 bits per heavy atom. The number of hydrogen-bond donors (Lipinski definition) is 1. The second kappa shape index (κ2) is 41.4. The molecule has 12 aromatic rings. The Morgan fingerprint density at radius 2 is 0.632 bits per heavy atom. The Labute approximate surface area is 743 Å². The summed E-state index contributed by atoms with van der Waals surface area (Å²) >= 11 is 0. The third kappa shape index (κ3) is 20.0. The Morgan fingerprint density at radius 1 is 0.328 bits per heavy atom. The highest BCUT2D eigenvalue weighted by Crippen LogP contribution is 2.47. The highest BCUT2D eigenvalue weighted by molar-refractivity contribution is 5.48. The molecule has 662 valence electrons. The van der Waals surface area contributed by atoms with Crippen molar-refractivity contribution in [1.29, 1.82) is 0 Å². The van der Waals surface area contributed by atoms with E-state index in [2.05, 4.69) is 249 Å². The molecular weight excluding hydrogens is 1550 g/mol. The van der Waals surface area contributed by atoms with Crippen molar-refractivity contribution < 1.29 is 4.74 Å². The normalized spacial score (nSPS) is 23.7. The molecule has 0 radical (unpaired) electrons. The first-order valence-electron chi connectivity index (χ1n) is 48.0. The average molecular weight is 1690 g/mol. The second-order valence-electron chi connectivity index (χ2n) is 37.8. The van der Waals surface area contributed by atoms with Crippen molar-refractivity contribution in [3.63, 3.8) is 0 Å². The maximum atomic E-state index is 5.51. The van der Waals surface area contributed by atoms with Crippen molar-refractivity contribution in [2.24, 2.45) is 17.8 Å². The van der Waals surface area contributed by atoms with Crippen LogP contribution in [0, 0.1) is 45.4 Å². The highest BCUT2D eigenvalue weighted by atomic mass is 16.5. The Kier molecular flexibility index (Phi) is 29.2. The van der Waals surface area contributed by atoms with E-state index in [9.17, 15) is 0 Å². The molecule has 21 heteroatoms. The van der Waals surface area contributed by atoms with Gasteiger partial charge in [-0.1, -0.05) is 55.5 Å². The van der Waals surface area contributed by atoms with E-state index < -0.39 is 0 Å². The van der Waals surface area contributed by atoms with E-state index in [1.807, 2.05) is 49.1 Å². The number of ether oxygens (including phenoxy) is 1. The SMILES string of the molecule is CCN1CCC(Cc2c([C@H]3CCC[C@@H](c4ncccc4C)N3C)nc3ccccn23)CC1.Cc1cccnc1[C@@H]1CCC[C@H](c2nc3ccccn3c2CC2CCN(C)CC2)N1C.Cc1cccnc1[C@@H]1CCC[C@H](c2nc3ccccn3c2CC2CCNCC2)N1C.Cc1cccnc1[C@@H]1CCC[C@H](c2nc3ccccn3c2CCCN2CCOCC2)N1C. The summed E-state index contributed by atoms with van der Waals surface area (Å²) in [4.78, 5) is 57.6. The molecule has 0 saturated carbocycles. The van der Waals surface area contributed by atoms with Gasteiger partial charge in [-0.05, 0) is 376 Å². The fourth-order valence-corrected chi connectivity index (χ4v) is 22.7. The van der Waals surface area contributed by atoms with Gasteiger partial charge >= 0.3 is 0 Å².